The Morgan fingerprint density at radius 2 is 2.13 bits per heavy atom. The van der Waals surface area contributed by atoms with Crippen molar-refractivity contribution in [2.75, 3.05) is 18.1 Å². The van der Waals surface area contributed by atoms with Crippen molar-refractivity contribution in [2.24, 2.45) is 0 Å². The van der Waals surface area contributed by atoms with Crippen LogP contribution in [0.15, 0.2) is 47.2 Å². The average molecular weight is 419 g/mol. The maximum atomic E-state index is 14.2. The summed E-state index contributed by atoms with van der Waals surface area (Å²) in [6.07, 6.45) is 4.11. The molecule has 9 heteroatoms. The molecular formula is C22H20FN6O2. The molecule has 5 rings (SSSR count). The lowest BCUT2D eigenvalue weighted by molar-refractivity contribution is 0.308. The number of hydrogen-bond donors (Lipinski definition) is 0. The third-order valence-electron chi connectivity index (χ3n) is 5.21. The Bertz CT molecular complexity index is 1210. The summed E-state index contributed by atoms with van der Waals surface area (Å²) in [6, 6.07) is 11.8. The molecule has 4 aromatic rings. The molecule has 1 atom stereocenters. The summed E-state index contributed by atoms with van der Waals surface area (Å²) in [7, 11) is 0. The van der Waals surface area contributed by atoms with Crippen LogP contribution in [-0.4, -0.2) is 38.3 Å². The lowest BCUT2D eigenvalue weighted by atomic mass is 10.00. The Hall–Kier alpha value is -3.75. The van der Waals surface area contributed by atoms with Crippen molar-refractivity contribution in [2.45, 2.75) is 26.3 Å². The van der Waals surface area contributed by atoms with Crippen LogP contribution in [0.3, 0.4) is 0 Å². The van der Waals surface area contributed by atoms with Gasteiger partial charge in [-0.05, 0) is 50.1 Å². The van der Waals surface area contributed by atoms with Gasteiger partial charge in [0, 0.05) is 12.6 Å². The molecule has 0 unspecified atom stereocenters. The molecule has 2 aromatic carbocycles. The number of nitrogens with zero attached hydrogens (tertiary/aromatic N) is 6. The molecule has 3 heterocycles. The molecule has 1 saturated heterocycles. The van der Waals surface area contributed by atoms with Crippen molar-refractivity contribution in [1.82, 2.24) is 25.1 Å². The van der Waals surface area contributed by atoms with Gasteiger partial charge in [0.1, 0.15) is 11.7 Å². The largest absolute Gasteiger partial charge is 0.490 e. The second kappa shape index (κ2) is 7.82. The Morgan fingerprint density at radius 1 is 1.29 bits per heavy atom. The normalized spacial score (nSPS) is 15.7. The first kappa shape index (κ1) is 19.2. The molecule has 1 aliphatic heterocycles. The highest BCUT2D eigenvalue weighted by Crippen LogP contribution is 2.41. The number of ether oxygens (including phenoxy) is 1. The van der Waals surface area contributed by atoms with E-state index in [2.05, 4.69) is 37.4 Å². The molecule has 1 aliphatic rings. The van der Waals surface area contributed by atoms with E-state index in [-0.39, 0.29) is 11.8 Å². The molecule has 0 spiro atoms. The summed E-state index contributed by atoms with van der Waals surface area (Å²) >= 11 is 0. The van der Waals surface area contributed by atoms with E-state index in [9.17, 15) is 4.39 Å². The fourth-order valence-corrected chi connectivity index (χ4v) is 3.68. The quantitative estimate of drug-likeness (QED) is 0.469. The molecule has 2 aromatic heterocycles. The number of halogens is 1. The van der Waals surface area contributed by atoms with Crippen molar-refractivity contribution >= 4 is 5.69 Å². The first-order chi connectivity index (χ1) is 15.2. The maximum absolute atomic E-state index is 14.2. The topological polar surface area (TPSA) is 82.1 Å². The first-order valence-corrected chi connectivity index (χ1v) is 10.1. The highest BCUT2D eigenvalue weighted by molar-refractivity contribution is 5.66. The van der Waals surface area contributed by atoms with Gasteiger partial charge in [-0.15, -0.1) is 4.80 Å². The van der Waals surface area contributed by atoms with Gasteiger partial charge in [-0.2, -0.15) is 15.2 Å². The van der Waals surface area contributed by atoms with E-state index in [4.69, 9.17) is 9.26 Å². The zero-order valence-electron chi connectivity index (χ0n) is 17.1. The Labute approximate surface area is 178 Å². The molecule has 1 radical (unpaired) electrons. The zero-order valence-corrected chi connectivity index (χ0v) is 17.1. The molecule has 0 saturated carbocycles. The van der Waals surface area contributed by atoms with Crippen molar-refractivity contribution in [3.05, 3.63) is 66.1 Å². The van der Waals surface area contributed by atoms with Gasteiger partial charge in [0.2, 0.25) is 11.7 Å². The number of aryl methyl sites for hydroxylation is 1. The van der Waals surface area contributed by atoms with E-state index in [1.807, 2.05) is 13.0 Å². The number of aromatic nitrogens is 5. The second-order valence-corrected chi connectivity index (χ2v) is 7.23. The van der Waals surface area contributed by atoms with Gasteiger partial charge < -0.3 is 14.2 Å². The van der Waals surface area contributed by atoms with Crippen molar-refractivity contribution in [3.63, 3.8) is 0 Å². The number of para-hydroxylation sites is 1. The molecule has 0 amide bonds. The number of hydrogen-bond acceptors (Lipinski definition) is 7. The first-order valence-electron chi connectivity index (χ1n) is 10.1. The van der Waals surface area contributed by atoms with Crippen LogP contribution < -0.4 is 9.64 Å². The van der Waals surface area contributed by atoms with E-state index >= 15 is 0 Å². The molecule has 0 aliphatic carbocycles. The third-order valence-corrected chi connectivity index (χ3v) is 5.21. The van der Waals surface area contributed by atoms with Gasteiger partial charge in [0.15, 0.2) is 11.6 Å². The number of benzene rings is 2. The van der Waals surface area contributed by atoms with Crippen LogP contribution in [0.1, 0.15) is 30.8 Å². The van der Waals surface area contributed by atoms with Crippen molar-refractivity contribution in [3.8, 4) is 22.8 Å². The van der Waals surface area contributed by atoms with Gasteiger partial charge >= 0.3 is 0 Å². The van der Waals surface area contributed by atoms with Crippen LogP contribution in [0, 0.1) is 18.8 Å². The molecular weight excluding hydrogens is 399 g/mol. The average Bonchev–Trinajstić information content (AvgIpc) is 3.42. The van der Waals surface area contributed by atoms with Crippen LogP contribution >= 0.6 is 0 Å². The Balaban J connectivity index is 1.48. The summed E-state index contributed by atoms with van der Waals surface area (Å²) in [4.78, 5) is 8.27. The maximum Gasteiger partial charge on any atom is 0.249 e. The molecule has 1 fully saturated rings. The van der Waals surface area contributed by atoms with Gasteiger partial charge in [-0.25, -0.2) is 4.39 Å². The number of anilines is 1. The van der Waals surface area contributed by atoms with E-state index in [0.29, 0.717) is 23.9 Å². The van der Waals surface area contributed by atoms with Gasteiger partial charge in [0.25, 0.3) is 0 Å². The SMILES string of the molecule is CCOc1c(F)cccc1-c1noc([C@@H]2CCN2c2cc(C)c[c]c2-n2nccn2)n1. The van der Waals surface area contributed by atoms with Gasteiger partial charge in [0.05, 0.1) is 30.3 Å². The minimum absolute atomic E-state index is 0.102. The van der Waals surface area contributed by atoms with Crippen LogP contribution in [-0.2, 0) is 0 Å². The van der Waals surface area contributed by atoms with Crippen molar-refractivity contribution < 1.29 is 13.7 Å². The fourth-order valence-electron chi connectivity index (χ4n) is 3.68. The predicted octanol–water partition coefficient (Wildman–Crippen LogP) is 3.92. The summed E-state index contributed by atoms with van der Waals surface area (Å²) in [5.41, 5.74) is 3.23. The highest BCUT2D eigenvalue weighted by Gasteiger charge is 2.36. The summed E-state index contributed by atoms with van der Waals surface area (Å²) in [6.45, 7) is 4.97. The highest BCUT2D eigenvalue weighted by atomic mass is 19.1. The van der Waals surface area contributed by atoms with Gasteiger partial charge in [-0.3, -0.25) is 0 Å². The molecule has 31 heavy (non-hydrogen) atoms. The monoisotopic (exact) mass is 419 g/mol. The minimum atomic E-state index is -0.456. The summed E-state index contributed by atoms with van der Waals surface area (Å²) < 4.78 is 25.3. The lowest BCUT2D eigenvalue weighted by Gasteiger charge is -2.41. The molecule has 0 bridgehead atoms. The van der Waals surface area contributed by atoms with Crippen LogP contribution in [0.2, 0.25) is 0 Å². The van der Waals surface area contributed by atoms with E-state index in [1.54, 1.807) is 36.2 Å². The third kappa shape index (κ3) is 3.41. The molecule has 0 N–H and O–H groups in total. The smallest absolute Gasteiger partial charge is 0.249 e. The van der Waals surface area contributed by atoms with Crippen LogP contribution in [0.5, 0.6) is 5.75 Å². The van der Waals surface area contributed by atoms with Crippen LogP contribution in [0.4, 0.5) is 10.1 Å². The Morgan fingerprint density at radius 3 is 2.87 bits per heavy atom. The van der Waals surface area contributed by atoms with E-state index in [1.165, 1.54) is 6.07 Å². The second-order valence-electron chi connectivity index (χ2n) is 7.23. The van der Waals surface area contributed by atoms with Crippen molar-refractivity contribution in [1.29, 1.82) is 0 Å². The Kier molecular flexibility index (Phi) is 4.85. The molecule has 157 valence electrons. The summed E-state index contributed by atoms with van der Waals surface area (Å²) in [5, 5.41) is 12.6. The fraction of sp³-hybridized carbons (Fsp3) is 0.273. The minimum Gasteiger partial charge on any atom is -0.490 e. The van der Waals surface area contributed by atoms with Gasteiger partial charge in [-0.1, -0.05) is 11.2 Å². The molecule has 8 nitrogen and oxygen atoms in total. The summed E-state index contributed by atoms with van der Waals surface area (Å²) in [5.74, 6) is 0.439. The zero-order chi connectivity index (χ0) is 21.4. The van der Waals surface area contributed by atoms with E-state index in [0.717, 1.165) is 29.9 Å². The predicted molar refractivity (Wildman–Crippen MR) is 110 cm³/mol. The van der Waals surface area contributed by atoms with E-state index < -0.39 is 5.82 Å². The number of rotatable bonds is 6. The van der Waals surface area contributed by atoms with Crippen LogP contribution in [0.25, 0.3) is 17.1 Å². The standard InChI is InChI=1S/C22H20FN6O2/c1-3-30-20-15(5-4-6-16(20)23)21-26-22(31-27-21)18-9-12-28(18)19-13-14(2)7-8-17(19)29-24-10-11-25-29/h4-7,10-11,13,18H,3,9,12H2,1-2H3/t18-/m0/s1. The lowest BCUT2D eigenvalue weighted by Crippen LogP contribution is -2.41.